The van der Waals surface area contributed by atoms with Gasteiger partial charge < -0.3 is 15.0 Å². The van der Waals surface area contributed by atoms with Crippen molar-refractivity contribution < 1.29 is 9.53 Å². The standard InChI is InChI=1S/C17H18Cl2N2O2S/c1-2-5-20-16(24)21-6-3-17(4-7-21)10-14(22)12-8-11(18)9-13(19)15(12)23-17/h2,8-9H,1,3-7,10H2,(H,20,24). The Morgan fingerprint density at radius 1 is 1.42 bits per heavy atom. The van der Waals surface area contributed by atoms with Crippen LogP contribution in [0.4, 0.5) is 0 Å². The first-order valence-electron chi connectivity index (χ1n) is 7.79. The van der Waals surface area contributed by atoms with E-state index in [9.17, 15) is 4.79 Å². The molecule has 2 aliphatic rings. The van der Waals surface area contributed by atoms with Crippen LogP contribution in [0.1, 0.15) is 29.6 Å². The number of carbonyl (C=O) groups is 1. The smallest absolute Gasteiger partial charge is 0.170 e. The van der Waals surface area contributed by atoms with Crippen LogP contribution in [0.5, 0.6) is 5.75 Å². The number of thiocarbonyl (C=S) groups is 1. The number of halogens is 2. The Morgan fingerprint density at radius 2 is 2.12 bits per heavy atom. The first-order valence-corrected chi connectivity index (χ1v) is 8.95. The number of ketones is 1. The molecule has 7 heteroatoms. The van der Waals surface area contributed by atoms with Crippen LogP contribution in [-0.2, 0) is 0 Å². The lowest BCUT2D eigenvalue weighted by atomic mass is 9.82. The molecule has 3 rings (SSSR count). The fourth-order valence-electron chi connectivity index (χ4n) is 3.18. The Labute approximate surface area is 156 Å². The summed E-state index contributed by atoms with van der Waals surface area (Å²) in [6.45, 7) is 5.77. The zero-order chi connectivity index (χ0) is 17.3. The molecule has 1 aromatic rings. The fourth-order valence-corrected chi connectivity index (χ4v) is 3.98. The number of likely N-dealkylation sites (tertiary alicyclic amines) is 1. The van der Waals surface area contributed by atoms with Crippen LogP contribution in [0.15, 0.2) is 24.8 Å². The largest absolute Gasteiger partial charge is 0.484 e. The zero-order valence-electron chi connectivity index (χ0n) is 13.1. The van der Waals surface area contributed by atoms with E-state index < -0.39 is 5.60 Å². The number of hydrogen-bond donors (Lipinski definition) is 1. The molecule has 24 heavy (non-hydrogen) atoms. The number of piperidine rings is 1. The number of fused-ring (bicyclic) bond motifs is 1. The Hall–Kier alpha value is -1.30. The molecule has 1 fully saturated rings. The highest BCUT2D eigenvalue weighted by Gasteiger charge is 2.44. The number of benzene rings is 1. The van der Waals surface area contributed by atoms with Crippen molar-refractivity contribution in [1.29, 1.82) is 0 Å². The van der Waals surface area contributed by atoms with Gasteiger partial charge in [0.15, 0.2) is 10.9 Å². The van der Waals surface area contributed by atoms with Gasteiger partial charge in [0, 0.05) is 37.5 Å². The summed E-state index contributed by atoms with van der Waals surface area (Å²) in [5.41, 5.74) is -0.0322. The maximum atomic E-state index is 12.6. The van der Waals surface area contributed by atoms with Crippen molar-refractivity contribution in [2.75, 3.05) is 19.6 Å². The van der Waals surface area contributed by atoms with E-state index in [1.54, 1.807) is 18.2 Å². The van der Waals surface area contributed by atoms with Gasteiger partial charge >= 0.3 is 0 Å². The normalized spacial score (nSPS) is 18.8. The molecular formula is C17H18Cl2N2O2S. The predicted molar refractivity (Wildman–Crippen MR) is 100 cm³/mol. The third-order valence-electron chi connectivity index (χ3n) is 4.47. The third kappa shape index (κ3) is 3.39. The van der Waals surface area contributed by atoms with Crippen molar-refractivity contribution in [3.63, 3.8) is 0 Å². The van der Waals surface area contributed by atoms with Crippen molar-refractivity contribution >= 4 is 46.3 Å². The fraction of sp³-hybridized carbons (Fsp3) is 0.412. The minimum absolute atomic E-state index is 0.0291. The molecule has 0 aliphatic carbocycles. The van der Waals surface area contributed by atoms with Gasteiger partial charge in [-0.05, 0) is 24.4 Å². The van der Waals surface area contributed by atoms with Crippen LogP contribution in [0.25, 0.3) is 0 Å². The van der Waals surface area contributed by atoms with Gasteiger partial charge in [0.05, 0.1) is 17.0 Å². The van der Waals surface area contributed by atoms with E-state index in [4.69, 9.17) is 40.2 Å². The number of nitrogens with zero attached hydrogens (tertiary/aromatic N) is 1. The number of nitrogens with one attached hydrogen (secondary N) is 1. The summed E-state index contributed by atoms with van der Waals surface area (Å²) in [4.78, 5) is 14.7. The van der Waals surface area contributed by atoms with E-state index in [1.807, 2.05) is 0 Å². The van der Waals surface area contributed by atoms with Gasteiger partial charge in [-0.1, -0.05) is 29.3 Å². The van der Waals surface area contributed by atoms with Crippen LogP contribution >= 0.6 is 35.4 Å². The lowest BCUT2D eigenvalue weighted by Crippen LogP contribution is -2.54. The van der Waals surface area contributed by atoms with Crippen LogP contribution in [0.3, 0.4) is 0 Å². The van der Waals surface area contributed by atoms with Crippen molar-refractivity contribution in [3.05, 3.63) is 40.4 Å². The van der Waals surface area contributed by atoms with E-state index in [0.717, 1.165) is 13.1 Å². The molecule has 2 aliphatic heterocycles. The maximum Gasteiger partial charge on any atom is 0.170 e. The van der Waals surface area contributed by atoms with Crippen molar-refractivity contribution in [2.24, 2.45) is 0 Å². The molecule has 0 aromatic heterocycles. The minimum Gasteiger partial charge on any atom is -0.484 e. The van der Waals surface area contributed by atoms with Gasteiger partial charge in [-0.2, -0.15) is 0 Å². The second kappa shape index (κ2) is 6.90. The van der Waals surface area contributed by atoms with Crippen LogP contribution < -0.4 is 10.1 Å². The summed E-state index contributed by atoms with van der Waals surface area (Å²) in [5, 5.41) is 4.66. The lowest BCUT2D eigenvalue weighted by Gasteiger charge is -2.44. The summed E-state index contributed by atoms with van der Waals surface area (Å²) < 4.78 is 6.21. The molecule has 0 atom stereocenters. The minimum atomic E-state index is -0.508. The molecule has 1 aromatic carbocycles. The Morgan fingerprint density at radius 3 is 2.79 bits per heavy atom. The van der Waals surface area contributed by atoms with Crippen LogP contribution in [0.2, 0.25) is 10.0 Å². The van der Waals surface area contributed by atoms with Crippen LogP contribution in [0, 0.1) is 0 Å². The van der Waals surface area contributed by atoms with Gasteiger partial charge in [-0.3, -0.25) is 4.79 Å². The summed E-state index contributed by atoms with van der Waals surface area (Å²) in [7, 11) is 0. The zero-order valence-corrected chi connectivity index (χ0v) is 15.4. The third-order valence-corrected chi connectivity index (χ3v) is 5.37. The number of ether oxygens (including phenoxy) is 1. The number of Topliss-reactive ketones (excluding diaryl/α,β-unsaturated/α-hetero) is 1. The van der Waals surface area contributed by atoms with Crippen molar-refractivity contribution in [1.82, 2.24) is 10.2 Å². The predicted octanol–water partition coefficient (Wildman–Crippen LogP) is 3.85. The molecule has 1 saturated heterocycles. The first-order chi connectivity index (χ1) is 11.4. The first kappa shape index (κ1) is 17.5. The summed E-state index contributed by atoms with van der Waals surface area (Å²) in [6, 6.07) is 3.24. The topological polar surface area (TPSA) is 41.6 Å². The van der Waals surface area contributed by atoms with Crippen LogP contribution in [-0.4, -0.2) is 41.0 Å². The Kier molecular flexibility index (Phi) is 5.04. The highest BCUT2D eigenvalue weighted by atomic mass is 35.5. The Bertz CT molecular complexity index is 700. The average Bonchev–Trinajstić information content (AvgIpc) is 2.55. The lowest BCUT2D eigenvalue weighted by molar-refractivity contribution is 0.00370. The second-order valence-corrected chi connectivity index (χ2v) is 7.34. The molecule has 1 N–H and O–H groups in total. The molecular weight excluding hydrogens is 367 g/mol. The van der Waals surface area contributed by atoms with Crippen molar-refractivity contribution in [3.8, 4) is 5.75 Å². The number of hydrogen-bond acceptors (Lipinski definition) is 3. The molecule has 1 spiro atoms. The SMILES string of the molecule is C=CCNC(=S)N1CCC2(CC1)CC(=O)c1cc(Cl)cc(Cl)c1O2. The average molecular weight is 385 g/mol. The van der Waals surface area contributed by atoms with E-state index in [-0.39, 0.29) is 5.78 Å². The molecule has 2 heterocycles. The highest BCUT2D eigenvalue weighted by Crippen LogP contribution is 2.44. The molecule has 0 saturated carbocycles. The van der Waals surface area contributed by atoms with E-state index in [0.29, 0.717) is 52.3 Å². The summed E-state index contributed by atoms with van der Waals surface area (Å²) in [6.07, 6.45) is 3.54. The van der Waals surface area contributed by atoms with Gasteiger partial charge in [-0.15, -0.1) is 6.58 Å². The monoisotopic (exact) mass is 384 g/mol. The van der Waals surface area contributed by atoms with E-state index >= 15 is 0 Å². The second-order valence-electron chi connectivity index (χ2n) is 6.11. The summed E-state index contributed by atoms with van der Waals surface area (Å²) >= 11 is 17.6. The van der Waals surface area contributed by atoms with Gasteiger partial charge in [0.2, 0.25) is 0 Å². The molecule has 4 nitrogen and oxygen atoms in total. The van der Waals surface area contributed by atoms with Gasteiger partial charge in [0.1, 0.15) is 11.4 Å². The molecule has 0 unspecified atom stereocenters. The quantitative estimate of drug-likeness (QED) is 0.619. The summed E-state index contributed by atoms with van der Waals surface area (Å²) in [5.74, 6) is 0.486. The molecule has 128 valence electrons. The molecule has 0 bridgehead atoms. The highest BCUT2D eigenvalue weighted by molar-refractivity contribution is 7.80. The van der Waals surface area contributed by atoms with Crippen molar-refractivity contribution in [2.45, 2.75) is 24.9 Å². The maximum absolute atomic E-state index is 12.6. The van der Waals surface area contributed by atoms with Gasteiger partial charge in [-0.25, -0.2) is 0 Å². The Balaban J connectivity index is 1.74. The molecule has 0 radical (unpaired) electrons. The molecule has 0 amide bonds. The number of carbonyl (C=O) groups excluding carboxylic acids is 1. The number of rotatable bonds is 2. The van der Waals surface area contributed by atoms with Gasteiger partial charge in [0.25, 0.3) is 0 Å². The van der Waals surface area contributed by atoms with E-state index in [1.165, 1.54) is 0 Å². The van der Waals surface area contributed by atoms with E-state index in [2.05, 4.69) is 16.8 Å².